The molecule has 32 heavy (non-hydrogen) atoms. The van der Waals surface area contributed by atoms with Crippen LogP contribution in [0.2, 0.25) is 0 Å². The Morgan fingerprint density at radius 1 is 1.34 bits per heavy atom. The number of anilines is 1. The van der Waals surface area contributed by atoms with Crippen molar-refractivity contribution >= 4 is 22.9 Å². The van der Waals surface area contributed by atoms with E-state index in [-0.39, 0.29) is 17.8 Å². The first-order chi connectivity index (χ1) is 15.2. The number of hydrogen-bond donors (Lipinski definition) is 2. The van der Waals surface area contributed by atoms with E-state index in [1.54, 1.807) is 17.3 Å². The highest BCUT2D eigenvalue weighted by Gasteiger charge is 2.27. The van der Waals surface area contributed by atoms with Crippen LogP contribution >= 0.6 is 0 Å². The van der Waals surface area contributed by atoms with Crippen molar-refractivity contribution < 1.29 is 13.9 Å². The molecule has 1 aliphatic rings. The summed E-state index contributed by atoms with van der Waals surface area (Å²) < 4.78 is 19.9. The van der Waals surface area contributed by atoms with Crippen LogP contribution in [0.5, 0.6) is 0 Å². The lowest BCUT2D eigenvalue weighted by Crippen LogP contribution is -2.44. The van der Waals surface area contributed by atoms with Crippen molar-refractivity contribution in [2.75, 3.05) is 25.0 Å². The van der Waals surface area contributed by atoms with Crippen LogP contribution in [-0.2, 0) is 4.74 Å². The van der Waals surface area contributed by atoms with Crippen LogP contribution in [0.3, 0.4) is 0 Å². The molecule has 8 nitrogen and oxygen atoms in total. The number of pyridine rings is 1. The van der Waals surface area contributed by atoms with Gasteiger partial charge in [0.15, 0.2) is 17.5 Å². The van der Waals surface area contributed by atoms with Gasteiger partial charge in [-0.25, -0.2) is 24.1 Å². The minimum atomic E-state index is -0.529. The van der Waals surface area contributed by atoms with Gasteiger partial charge in [-0.3, -0.25) is 0 Å². The Bertz CT molecular complexity index is 1120. The lowest BCUT2D eigenvalue weighted by molar-refractivity contribution is 0.0172. The van der Waals surface area contributed by atoms with Crippen LogP contribution in [0, 0.1) is 18.7 Å². The zero-order chi connectivity index (χ0) is 22.9. The number of rotatable bonds is 4. The topological polar surface area (TPSA) is 96.0 Å². The molecule has 1 fully saturated rings. The van der Waals surface area contributed by atoms with E-state index in [1.807, 2.05) is 33.8 Å². The maximum atomic E-state index is 14.4. The summed E-state index contributed by atoms with van der Waals surface area (Å²) in [6.07, 6.45) is 6.27. The number of nitrogens with zero attached hydrogens (tertiary/aromatic N) is 4. The molecule has 0 bridgehead atoms. The Kier molecular flexibility index (Phi) is 5.99. The van der Waals surface area contributed by atoms with Crippen molar-refractivity contribution in [2.45, 2.75) is 46.1 Å². The minimum Gasteiger partial charge on any atom is -0.444 e. The molecular weight excluding hydrogens is 411 g/mol. The van der Waals surface area contributed by atoms with E-state index in [0.29, 0.717) is 25.5 Å². The standard InChI is InChI=1S/C23H29FN6O2/c1-14-8-16-17(11-27-19(16)25-9-14)20-28-12-18(24)21(29-20)26-10-15-6-5-7-30(13-15)22(31)32-23(2,3)4/h8-9,11-12,15H,5-7,10,13H2,1-4H3,(H,25,27)(H,26,28,29). The fraction of sp³-hybridized carbons (Fsp3) is 0.478. The van der Waals surface area contributed by atoms with Gasteiger partial charge in [0.25, 0.3) is 0 Å². The first-order valence-electron chi connectivity index (χ1n) is 10.9. The number of aromatic nitrogens is 4. The molecule has 1 atom stereocenters. The first-order valence-corrected chi connectivity index (χ1v) is 10.9. The number of nitrogens with one attached hydrogen (secondary N) is 2. The molecule has 0 spiro atoms. The SMILES string of the molecule is Cc1cnc2[nH]cc(-c3ncc(F)c(NCC4CCCN(C(=O)OC(C)(C)C)C4)n3)c2c1. The molecular formula is C23H29FN6O2. The van der Waals surface area contributed by atoms with Crippen molar-refractivity contribution in [3.63, 3.8) is 0 Å². The number of halogens is 1. The fourth-order valence-electron chi connectivity index (χ4n) is 3.88. The number of ether oxygens (including phenoxy) is 1. The van der Waals surface area contributed by atoms with E-state index in [9.17, 15) is 9.18 Å². The Balaban J connectivity index is 1.46. The van der Waals surface area contributed by atoms with Crippen LogP contribution in [0.15, 0.2) is 24.7 Å². The molecule has 3 aromatic heterocycles. The molecule has 0 saturated carbocycles. The largest absolute Gasteiger partial charge is 0.444 e. The van der Waals surface area contributed by atoms with E-state index in [1.165, 1.54) is 6.20 Å². The number of aromatic amines is 1. The van der Waals surface area contributed by atoms with Gasteiger partial charge in [0.1, 0.15) is 11.2 Å². The average Bonchev–Trinajstić information content (AvgIpc) is 3.15. The molecule has 0 aromatic carbocycles. The highest BCUT2D eigenvalue weighted by atomic mass is 19.1. The molecule has 1 amide bonds. The van der Waals surface area contributed by atoms with E-state index < -0.39 is 11.4 Å². The molecule has 9 heteroatoms. The van der Waals surface area contributed by atoms with Gasteiger partial charge in [0.2, 0.25) is 0 Å². The van der Waals surface area contributed by atoms with Crippen molar-refractivity contribution in [3.8, 4) is 11.4 Å². The number of aryl methyl sites for hydroxylation is 1. The smallest absolute Gasteiger partial charge is 0.410 e. The van der Waals surface area contributed by atoms with Crippen molar-refractivity contribution in [2.24, 2.45) is 5.92 Å². The first kappa shape index (κ1) is 22.0. The predicted molar refractivity (Wildman–Crippen MR) is 121 cm³/mol. The number of H-pyrrole nitrogens is 1. The normalized spacial score (nSPS) is 16.9. The molecule has 0 aliphatic carbocycles. The second-order valence-corrected chi connectivity index (χ2v) is 9.32. The number of likely N-dealkylation sites (tertiary alicyclic amines) is 1. The van der Waals surface area contributed by atoms with Gasteiger partial charge in [-0.2, -0.15) is 0 Å². The van der Waals surface area contributed by atoms with Crippen molar-refractivity contribution in [1.29, 1.82) is 0 Å². The summed E-state index contributed by atoms with van der Waals surface area (Å²) in [6, 6.07) is 2.00. The summed E-state index contributed by atoms with van der Waals surface area (Å²) in [4.78, 5) is 30.2. The zero-order valence-electron chi connectivity index (χ0n) is 18.9. The monoisotopic (exact) mass is 440 g/mol. The molecule has 3 aromatic rings. The lowest BCUT2D eigenvalue weighted by atomic mass is 9.98. The average molecular weight is 441 g/mol. The Morgan fingerprint density at radius 3 is 2.94 bits per heavy atom. The second-order valence-electron chi connectivity index (χ2n) is 9.32. The van der Waals surface area contributed by atoms with E-state index in [0.717, 1.165) is 35.0 Å². The maximum absolute atomic E-state index is 14.4. The molecule has 0 radical (unpaired) electrons. The van der Waals surface area contributed by atoms with Gasteiger partial charge < -0.3 is 19.9 Å². The number of hydrogen-bond acceptors (Lipinski definition) is 6. The third kappa shape index (κ3) is 4.98. The Hall–Kier alpha value is -3.23. The van der Waals surface area contributed by atoms with Gasteiger partial charge in [-0.1, -0.05) is 0 Å². The van der Waals surface area contributed by atoms with Gasteiger partial charge in [-0.15, -0.1) is 0 Å². The molecule has 1 saturated heterocycles. The number of carbonyl (C=O) groups is 1. The molecule has 4 rings (SSSR count). The Morgan fingerprint density at radius 2 is 2.16 bits per heavy atom. The van der Waals surface area contributed by atoms with Gasteiger partial charge in [-0.05, 0) is 58.1 Å². The molecule has 170 valence electrons. The number of piperidine rings is 1. The van der Waals surface area contributed by atoms with Gasteiger partial charge in [0.05, 0.1) is 6.20 Å². The van der Waals surface area contributed by atoms with E-state index >= 15 is 0 Å². The van der Waals surface area contributed by atoms with Crippen LogP contribution in [0.1, 0.15) is 39.2 Å². The summed E-state index contributed by atoms with van der Waals surface area (Å²) in [5, 5.41) is 4.01. The number of amides is 1. The summed E-state index contributed by atoms with van der Waals surface area (Å²) in [7, 11) is 0. The second kappa shape index (κ2) is 8.72. The minimum absolute atomic E-state index is 0.152. The van der Waals surface area contributed by atoms with Crippen molar-refractivity contribution in [1.82, 2.24) is 24.8 Å². The number of carbonyl (C=O) groups excluding carboxylic acids is 1. The van der Waals surface area contributed by atoms with Gasteiger partial charge in [0, 0.05) is 43.0 Å². The van der Waals surface area contributed by atoms with Crippen LogP contribution < -0.4 is 5.32 Å². The summed E-state index contributed by atoms with van der Waals surface area (Å²) in [5.41, 5.74) is 2.00. The predicted octanol–water partition coefficient (Wildman–Crippen LogP) is 4.53. The fourth-order valence-corrected chi connectivity index (χ4v) is 3.88. The Labute approximate surface area is 186 Å². The highest BCUT2D eigenvalue weighted by Crippen LogP contribution is 2.27. The van der Waals surface area contributed by atoms with Gasteiger partial charge >= 0.3 is 6.09 Å². The molecule has 1 aliphatic heterocycles. The maximum Gasteiger partial charge on any atom is 0.410 e. The van der Waals surface area contributed by atoms with E-state index in [4.69, 9.17) is 4.74 Å². The summed E-state index contributed by atoms with van der Waals surface area (Å²) in [6.45, 7) is 9.27. The van der Waals surface area contributed by atoms with E-state index in [2.05, 4.69) is 25.3 Å². The van der Waals surface area contributed by atoms with Crippen LogP contribution in [0.4, 0.5) is 15.0 Å². The third-order valence-electron chi connectivity index (χ3n) is 5.38. The summed E-state index contributed by atoms with van der Waals surface area (Å²) in [5.74, 6) is 0.239. The van der Waals surface area contributed by atoms with Crippen molar-refractivity contribution in [3.05, 3.63) is 36.0 Å². The molecule has 4 heterocycles. The quantitative estimate of drug-likeness (QED) is 0.619. The lowest BCUT2D eigenvalue weighted by Gasteiger charge is -2.34. The number of fused-ring (bicyclic) bond motifs is 1. The van der Waals surface area contributed by atoms with Crippen LogP contribution in [0.25, 0.3) is 22.4 Å². The highest BCUT2D eigenvalue weighted by molar-refractivity contribution is 5.92. The summed E-state index contributed by atoms with van der Waals surface area (Å²) >= 11 is 0. The molecule has 2 N–H and O–H groups in total. The van der Waals surface area contributed by atoms with Crippen LogP contribution in [-0.4, -0.2) is 56.2 Å². The zero-order valence-corrected chi connectivity index (χ0v) is 18.9. The molecule has 1 unspecified atom stereocenters. The third-order valence-corrected chi connectivity index (χ3v) is 5.38.